The molecule has 2 aromatic heterocycles. The van der Waals surface area contributed by atoms with Crippen LogP contribution in [0.5, 0.6) is 0 Å². The maximum absolute atomic E-state index is 12.1. The Bertz CT molecular complexity index is 782. The average molecular weight is 331 g/mol. The summed E-state index contributed by atoms with van der Waals surface area (Å²) in [5.74, 6) is 0. The molecule has 0 spiro atoms. The Morgan fingerprint density at radius 3 is 2.14 bits per heavy atom. The molecule has 0 saturated heterocycles. The van der Waals surface area contributed by atoms with Crippen molar-refractivity contribution >= 4 is 11.6 Å². The molecule has 0 fully saturated rings. The van der Waals surface area contributed by atoms with Gasteiger partial charge in [-0.2, -0.15) is 8.78 Å². The third-order valence-corrected chi connectivity index (χ3v) is 3.26. The minimum atomic E-state index is -2.84. The van der Waals surface area contributed by atoms with Gasteiger partial charge in [-0.15, -0.1) is 0 Å². The first-order valence-corrected chi connectivity index (χ1v) is 6.82. The molecule has 2 aromatic rings. The second-order valence-electron chi connectivity index (χ2n) is 4.93. The standard InChI is InChI=1S/C8H11NO.C7H6ClF2NO/c1-6-4-7(2)9(3)8(10)5-6;1-4-2-5(8)6(12)11(3-4)7(9)10/h4-5H,1-3H3;2-3,7H,1H3. The Kier molecular flexibility index (Phi) is 6.05. The van der Waals surface area contributed by atoms with Crippen LogP contribution < -0.4 is 11.1 Å². The first-order chi connectivity index (χ1) is 10.1. The van der Waals surface area contributed by atoms with Gasteiger partial charge >= 0.3 is 6.55 Å². The zero-order valence-electron chi connectivity index (χ0n) is 12.7. The van der Waals surface area contributed by atoms with E-state index in [1.165, 1.54) is 6.07 Å². The molecule has 0 aromatic carbocycles. The van der Waals surface area contributed by atoms with E-state index in [0.717, 1.165) is 17.5 Å². The number of nitrogens with zero attached hydrogens (tertiary/aromatic N) is 2. The highest BCUT2D eigenvalue weighted by molar-refractivity contribution is 6.30. The van der Waals surface area contributed by atoms with Crippen molar-refractivity contribution < 1.29 is 8.78 Å². The fourth-order valence-electron chi connectivity index (χ4n) is 1.78. The molecule has 120 valence electrons. The number of halogens is 3. The predicted molar refractivity (Wildman–Crippen MR) is 82.9 cm³/mol. The van der Waals surface area contributed by atoms with E-state index in [4.69, 9.17) is 11.6 Å². The second kappa shape index (κ2) is 7.35. The highest BCUT2D eigenvalue weighted by atomic mass is 35.5. The van der Waals surface area contributed by atoms with Crippen LogP contribution >= 0.6 is 11.6 Å². The number of aromatic nitrogens is 2. The molecule has 0 saturated carbocycles. The minimum Gasteiger partial charge on any atom is -0.316 e. The zero-order chi connectivity index (χ0) is 17.0. The predicted octanol–water partition coefficient (Wildman–Crippen LogP) is 3.21. The summed E-state index contributed by atoms with van der Waals surface area (Å²) in [6, 6.07) is 4.97. The molecule has 2 rings (SSSR count). The van der Waals surface area contributed by atoms with Gasteiger partial charge in [0.25, 0.3) is 11.1 Å². The van der Waals surface area contributed by atoms with Gasteiger partial charge in [0, 0.05) is 25.0 Å². The fraction of sp³-hybridized carbons (Fsp3) is 0.333. The number of hydrogen-bond donors (Lipinski definition) is 0. The molecule has 0 amide bonds. The van der Waals surface area contributed by atoms with Gasteiger partial charge in [0.2, 0.25) is 0 Å². The Balaban J connectivity index is 0.000000224. The van der Waals surface area contributed by atoms with Crippen LogP contribution in [0.15, 0.2) is 34.0 Å². The molecular weight excluding hydrogens is 314 g/mol. The van der Waals surface area contributed by atoms with Crippen molar-refractivity contribution in [2.45, 2.75) is 27.3 Å². The van der Waals surface area contributed by atoms with Crippen molar-refractivity contribution in [2.24, 2.45) is 7.05 Å². The van der Waals surface area contributed by atoms with Crippen molar-refractivity contribution in [3.8, 4) is 0 Å². The lowest BCUT2D eigenvalue weighted by Crippen LogP contribution is -2.20. The number of aryl methyl sites for hydroxylation is 3. The van der Waals surface area contributed by atoms with Crippen molar-refractivity contribution in [3.05, 3.63) is 66.9 Å². The Morgan fingerprint density at radius 2 is 1.64 bits per heavy atom. The van der Waals surface area contributed by atoms with Crippen molar-refractivity contribution in [1.29, 1.82) is 0 Å². The van der Waals surface area contributed by atoms with Crippen LogP contribution in [0.1, 0.15) is 23.4 Å². The van der Waals surface area contributed by atoms with Gasteiger partial charge in [-0.25, -0.2) is 0 Å². The molecule has 7 heteroatoms. The molecular formula is C15H17ClF2N2O2. The molecule has 0 aliphatic rings. The summed E-state index contributed by atoms with van der Waals surface area (Å²) in [6.45, 7) is 2.60. The van der Waals surface area contributed by atoms with Crippen LogP contribution in [0.25, 0.3) is 0 Å². The van der Waals surface area contributed by atoms with E-state index in [1.807, 2.05) is 19.9 Å². The molecule has 0 unspecified atom stereocenters. The number of pyridine rings is 2. The molecule has 2 heterocycles. The normalized spacial score (nSPS) is 10.4. The molecule has 0 N–H and O–H groups in total. The maximum atomic E-state index is 12.1. The van der Waals surface area contributed by atoms with Gasteiger partial charge in [0.1, 0.15) is 5.02 Å². The summed E-state index contributed by atoms with van der Waals surface area (Å²) >= 11 is 5.40. The van der Waals surface area contributed by atoms with Crippen molar-refractivity contribution in [2.75, 3.05) is 0 Å². The van der Waals surface area contributed by atoms with E-state index < -0.39 is 12.1 Å². The Morgan fingerprint density at radius 1 is 1.05 bits per heavy atom. The third kappa shape index (κ3) is 4.53. The molecule has 0 bridgehead atoms. The summed E-state index contributed by atoms with van der Waals surface area (Å²) < 4.78 is 26.1. The van der Waals surface area contributed by atoms with Crippen LogP contribution in [0, 0.1) is 20.8 Å². The zero-order valence-corrected chi connectivity index (χ0v) is 13.5. The van der Waals surface area contributed by atoms with Crippen LogP contribution in [-0.4, -0.2) is 9.13 Å². The SMILES string of the molecule is Cc1cc(C)n(C)c(=O)c1.Cc1cc(Cl)c(=O)n(C(F)F)c1. The first-order valence-electron chi connectivity index (χ1n) is 6.44. The summed E-state index contributed by atoms with van der Waals surface area (Å²) in [5, 5.41) is -0.185. The van der Waals surface area contributed by atoms with Gasteiger partial charge < -0.3 is 4.57 Å². The Labute approximate surface area is 131 Å². The highest BCUT2D eigenvalue weighted by Crippen LogP contribution is 2.11. The minimum absolute atomic E-state index is 0.0671. The lowest BCUT2D eigenvalue weighted by atomic mass is 10.2. The number of rotatable bonds is 1. The topological polar surface area (TPSA) is 44.0 Å². The smallest absolute Gasteiger partial charge is 0.316 e. The summed E-state index contributed by atoms with van der Waals surface area (Å²) in [4.78, 5) is 21.9. The maximum Gasteiger partial charge on any atom is 0.321 e. The summed E-state index contributed by atoms with van der Waals surface area (Å²) in [7, 11) is 1.77. The van der Waals surface area contributed by atoms with E-state index in [2.05, 4.69) is 0 Å². The van der Waals surface area contributed by atoms with E-state index in [0.29, 0.717) is 10.1 Å². The molecule has 0 atom stereocenters. The van der Waals surface area contributed by atoms with E-state index in [1.54, 1.807) is 24.6 Å². The molecule has 22 heavy (non-hydrogen) atoms. The first kappa shape index (κ1) is 18.1. The van der Waals surface area contributed by atoms with Crippen LogP contribution in [0.4, 0.5) is 8.78 Å². The van der Waals surface area contributed by atoms with E-state index in [-0.39, 0.29) is 10.6 Å². The quantitative estimate of drug-likeness (QED) is 0.806. The molecule has 0 radical (unpaired) electrons. The second-order valence-corrected chi connectivity index (χ2v) is 5.33. The number of alkyl halides is 2. The third-order valence-electron chi connectivity index (χ3n) is 2.99. The fourth-order valence-corrected chi connectivity index (χ4v) is 2.05. The van der Waals surface area contributed by atoms with Crippen molar-refractivity contribution in [1.82, 2.24) is 9.13 Å². The lowest BCUT2D eigenvalue weighted by Gasteiger charge is -2.04. The van der Waals surface area contributed by atoms with Gasteiger partial charge in [0.05, 0.1) is 0 Å². The largest absolute Gasteiger partial charge is 0.321 e. The van der Waals surface area contributed by atoms with Gasteiger partial charge in [0.15, 0.2) is 0 Å². The molecule has 4 nitrogen and oxygen atoms in total. The van der Waals surface area contributed by atoms with E-state index >= 15 is 0 Å². The van der Waals surface area contributed by atoms with Gasteiger partial charge in [-0.1, -0.05) is 11.6 Å². The summed E-state index contributed by atoms with van der Waals surface area (Å²) in [6.07, 6.45) is 1.07. The van der Waals surface area contributed by atoms with Gasteiger partial charge in [-0.05, 0) is 44.0 Å². The monoisotopic (exact) mass is 330 g/mol. The van der Waals surface area contributed by atoms with Crippen LogP contribution in [0.2, 0.25) is 5.02 Å². The Hall–Kier alpha value is -1.95. The average Bonchev–Trinajstić information content (AvgIpc) is 2.40. The molecule has 0 aliphatic heterocycles. The van der Waals surface area contributed by atoms with E-state index in [9.17, 15) is 18.4 Å². The molecule has 0 aliphatic carbocycles. The number of hydrogen-bond acceptors (Lipinski definition) is 2. The van der Waals surface area contributed by atoms with Gasteiger partial charge in [-0.3, -0.25) is 14.2 Å². The van der Waals surface area contributed by atoms with Crippen molar-refractivity contribution in [3.63, 3.8) is 0 Å². The van der Waals surface area contributed by atoms with Crippen LogP contribution in [-0.2, 0) is 7.05 Å². The summed E-state index contributed by atoms with van der Waals surface area (Å²) in [5.41, 5.74) is 1.76. The van der Waals surface area contributed by atoms with Crippen LogP contribution in [0.3, 0.4) is 0 Å². The highest BCUT2D eigenvalue weighted by Gasteiger charge is 2.10. The lowest BCUT2D eigenvalue weighted by molar-refractivity contribution is 0.0662.